The zero-order chi connectivity index (χ0) is 9.80. The molecular weight excluding hydrogens is 200 g/mol. The van der Waals surface area contributed by atoms with Crippen molar-refractivity contribution >= 4 is 22.6 Å². The minimum atomic E-state index is 0.332. The van der Waals surface area contributed by atoms with Gasteiger partial charge in [0.25, 0.3) is 0 Å². The smallest absolute Gasteiger partial charge is 0.233 e. The summed E-state index contributed by atoms with van der Waals surface area (Å²) in [5, 5.41) is 3.95. The molecule has 0 amide bonds. The predicted molar refractivity (Wildman–Crippen MR) is 56.3 cm³/mol. The third kappa shape index (κ3) is 2.43. The van der Waals surface area contributed by atoms with Crippen molar-refractivity contribution in [2.45, 2.75) is 6.42 Å². The molecular formula is C8H12N4OS. The minimum Gasteiger partial charge on any atom is -0.377 e. The zero-order valence-corrected chi connectivity index (χ0v) is 8.51. The third-order valence-electron chi connectivity index (χ3n) is 1.97. The number of nitrogens with one attached hydrogen (secondary N) is 1. The highest BCUT2D eigenvalue weighted by Gasteiger charge is 2.05. The topological polar surface area (TPSA) is 73.1 Å². The first-order valence-corrected chi connectivity index (χ1v) is 5.20. The second kappa shape index (κ2) is 4.39. The van der Waals surface area contributed by atoms with Crippen molar-refractivity contribution in [2.75, 3.05) is 30.8 Å². The van der Waals surface area contributed by atoms with Gasteiger partial charge in [-0.2, -0.15) is 9.36 Å². The molecule has 0 saturated carbocycles. The van der Waals surface area contributed by atoms with Crippen LogP contribution in [-0.2, 0) is 4.74 Å². The average Bonchev–Trinajstić information content (AvgIpc) is 2.63. The molecule has 0 bridgehead atoms. The van der Waals surface area contributed by atoms with Crippen LogP contribution < -0.4 is 11.1 Å². The predicted octanol–water partition coefficient (Wildman–Crippen LogP) is 0.879. The highest BCUT2D eigenvalue weighted by molar-refractivity contribution is 7.09. The fourth-order valence-electron chi connectivity index (χ4n) is 1.22. The largest absolute Gasteiger partial charge is 0.377 e. The standard InChI is InChI=1S/C8H12N4OS/c9-7-11-8(14-12-7)10-5-6-1-3-13-4-2-6/h1H,2-5H2,(H3,9,10,11,12). The van der Waals surface area contributed by atoms with Crippen LogP contribution in [0.15, 0.2) is 11.6 Å². The van der Waals surface area contributed by atoms with Crippen molar-refractivity contribution in [3.05, 3.63) is 11.6 Å². The van der Waals surface area contributed by atoms with E-state index in [1.165, 1.54) is 17.1 Å². The molecule has 0 unspecified atom stereocenters. The van der Waals surface area contributed by atoms with Crippen LogP contribution in [0.25, 0.3) is 0 Å². The summed E-state index contributed by atoms with van der Waals surface area (Å²) in [5.74, 6) is 0.332. The maximum atomic E-state index is 5.40. The number of anilines is 2. The van der Waals surface area contributed by atoms with Gasteiger partial charge < -0.3 is 15.8 Å². The fraction of sp³-hybridized carbons (Fsp3) is 0.500. The maximum Gasteiger partial charge on any atom is 0.233 e. The first-order valence-electron chi connectivity index (χ1n) is 4.43. The molecule has 2 rings (SSSR count). The summed E-state index contributed by atoms with van der Waals surface area (Å²) in [6.45, 7) is 2.33. The Hall–Kier alpha value is -1.14. The summed E-state index contributed by atoms with van der Waals surface area (Å²) >= 11 is 1.28. The molecule has 6 heteroatoms. The SMILES string of the molecule is Nc1nsc(NCC2=CCOCC2)n1. The van der Waals surface area contributed by atoms with Gasteiger partial charge in [-0.15, -0.1) is 0 Å². The monoisotopic (exact) mass is 212 g/mol. The number of ether oxygens (including phenoxy) is 1. The van der Waals surface area contributed by atoms with Crippen LogP contribution in [-0.4, -0.2) is 29.1 Å². The summed E-state index contributed by atoms with van der Waals surface area (Å²) in [5.41, 5.74) is 6.75. The van der Waals surface area contributed by atoms with E-state index in [0.29, 0.717) is 5.95 Å². The number of nitrogen functional groups attached to an aromatic ring is 1. The molecule has 3 N–H and O–H groups in total. The van der Waals surface area contributed by atoms with Gasteiger partial charge in [-0.1, -0.05) is 11.6 Å². The van der Waals surface area contributed by atoms with Crippen LogP contribution in [0.3, 0.4) is 0 Å². The number of nitrogens with two attached hydrogens (primary N) is 1. The van der Waals surface area contributed by atoms with Gasteiger partial charge in [0.2, 0.25) is 11.1 Å². The van der Waals surface area contributed by atoms with Crippen LogP contribution in [0.4, 0.5) is 11.1 Å². The molecule has 14 heavy (non-hydrogen) atoms. The number of hydrogen-bond donors (Lipinski definition) is 2. The molecule has 0 aliphatic carbocycles. The van der Waals surface area contributed by atoms with Crippen molar-refractivity contribution in [2.24, 2.45) is 0 Å². The van der Waals surface area contributed by atoms with E-state index in [1.54, 1.807) is 0 Å². The van der Waals surface area contributed by atoms with E-state index in [9.17, 15) is 0 Å². The van der Waals surface area contributed by atoms with E-state index in [1.807, 2.05) is 0 Å². The Balaban J connectivity index is 1.84. The Morgan fingerprint density at radius 1 is 1.64 bits per heavy atom. The molecule has 0 saturated heterocycles. The van der Waals surface area contributed by atoms with Gasteiger partial charge in [0.15, 0.2) is 0 Å². The Morgan fingerprint density at radius 3 is 3.21 bits per heavy atom. The van der Waals surface area contributed by atoms with Gasteiger partial charge in [0, 0.05) is 18.1 Å². The second-order valence-corrected chi connectivity index (χ2v) is 3.75. The lowest BCUT2D eigenvalue weighted by molar-refractivity contribution is 0.154. The summed E-state index contributed by atoms with van der Waals surface area (Å²) in [6.07, 6.45) is 3.09. The van der Waals surface area contributed by atoms with E-state index in [-0.39, 0.29) is 0 Å². The first kappa shape index (κ1) is 9.42. The lowest BCUT2D eigenvalue weighted by Crippen LogP contribution is -2.12. The molecule has 0 atom stereocenters. The summed E-state index contributed by atoms with van der Waals surface area (Å²) in [4.78, 5) is 4.01. The average molecular weight is 212 g/mol. The Kier molecular flexibility index (Phi) is 2.95. The first-order chi connectivity index (χ1) is 6.84. The van der Waals surface area contributed by atoms with E-state index in [2.05, 4.69) is 20.8 Å². The molecule has 1 aromatic rings. The van der Waals surface area contributed by atoms with Crippen LogP contribution in [0.2, 0.25) is 0 Å². The van der Waals surface area contributed by atoms with E-state index in [0.717, 1.165) is 31.3 Å². The van der Waals surface area contributed by atoms with E-state index < -0.39 is 0 Å². The number of nitrogens with zero attached hydrogens (tertiary/aromatic N) is 2. The van der Waals surface area contributed by atoms with Crippen molar-refractivity contribution < 1.29 is 4.74 Å². The van der Waals surface area contributed by atoms with Gasteiger partial charge in [-0.3, -0.25) is 0 Å². The molecule has 76 valence electrons. The van der Waals surface area contributed by atoms with Gasteiger partial charge >= 0.3 is 0 Å². The molecule has 1 aromatic heterocycles. The number of hydrogen-bond acceptors (Lipinski definition) is 6. The molecule has 2 heterocycles. The van der Waals surface area contributed by atoms with Crippen LogP contribution >= 0.6 is 11.5 Å². The minimum absolute atomic E-state index is 0.332. The summed E-state index contributed by atoms with van der Waals surface area (Å²) in [6, 6.07) is 0. The van der Waals surface area contributed by atoms with Gasteiger partial charge in [0.1, 0.15) is 0 Å². The lowest BCUT2D eigenvalue weighted by atomic mass is 10.1. The molecule has 1 aliphatic rings. The van der Waals surface area contributed by atoms with Crippen LogP contribution in [0.1, 0.15) is 6.42 Å². The van der Waals surface area contributed by atoms with Crippen molar-refractivity contribution in [3.63, 3.8) is 0 Å². The van der Waals surface area contributed by atoms with Gasteiger partial charge in [-0.05, 0) is 6.42 Å². The molecule has 1 aliphatic heterocycles. The Bertz CT molecular complexity index is 336. The van der Waals surface area contributed by atoms with Crippen LogP contribution in [0, 0.1) is 0 Å². The Labute approximate surface area is 86.1 Å². The number of rotatable bonds is 3. The van der Waals surface area contributed by atoms with Gasteiger partial charge in [-0.25, -0.2) is 0 Å². The third-order valence-corrected chi connectivity index (χ3v) is 2.65. The lowest BCUT2D eigenvalue weighted by Gasteiger charge is -2.13. The van der Waals surface area contributed by atoms with Crippen LogP contribution in [0.5, 0.6) is 0 Å². The highest BCUT2D eigenvalue weighted by Crippen LogP contribution is 2.14. The quantitative estimate of drug-likeness (QED) is 0.728. The summed E-state index contributed by atoms with van der Waals surface area (Å²) in [7, 11) is 0. The maximum absolute atomic E-state index is 5.40. The molecule has 0 fully saturated rings. The summed E-state index contributed by atoms with van der Waals surface area (Å²) < 4.78 is 9.09. The van der Waals surface area contributed by atoms with Crippen molar-refractivity contribution in [1.29, 1.82) is 0 Å². The molecule has 5 nitrogen and oxygen atoms in total. The van der Waals surface area contributed by atoms with Crippen molar-refractivity contribution in [1.82, 2.24) is 9.36 Å². The number of aromatic nitrogens is 2. The van der Waals surface area contributed by atoms with E-state index in [4.69, 9.17) is 10.5 Å². The molecule has 0 aromatic carbocycles. The molecule has 0 spiro atoms. The second-order valence-electron chi connectivity index (χ2n) is 3.00. The fourth-order valence-corrected chi connectivity index (χ4v) is 1.71. The van der Waals surface area contributed by atoms with Gasteiger partial charge in [0.05, 0.1) is 13.2 Å². The Morgan fingerprint density at radius 2 is 2.57 bits per heavy atom. The van der Waals surface area contributed by atoms with E-state index >= 15 is 0 Å². The highest BCUT2D eigenvalue weighted by atomic mass is 32.1. The normalized spacial score (nSPS) is 16.4. The molecule has 0 radical (unpaired) electrons. The zero-order valence-electron chi connectivity index (χ0n) is 7.69. The van der Waals surface area contributed by atoms with Crippen molar-refractivity contribution in [3.8, 4) is 0 Å².